The lowest BCUT2D eigenvalue weighted by molar-refractivity contribution is 0.00698. The van der Waals surface area contributed by atoms with Crippen molar-refractivity contribution in [1.82, 2.24) is 0 Å². The monoisotopic (exact) mass is 169 g/mol. The van der Waals surface area contributed by atoms with Crippen LogP contribution in [0.4, 0.5) is 0 Å². The fraction of sp³-hybridized carbons (Fsp3) is 0.889. The van der Waals surface area contributed by atoms with Gasteiger partial charge in [0.05, 0.1) is 32.3 Å². The van der Waals surface area contributed by atoms with E-state index in [2.05, 4.69) is 0 Å². The molecular weight excluding hydrogens is 154 g/mol. The summed E-state index contributed by atoms with van der Waals surface area (Å²) in [6, 6.07) is 2.05. The van der Waals surface area contributed by atoms with Crippen molar-refractivity contribution in [3.63, 3.8) is 0 Å². The molecule has 1 saturated heterocycles. The highest BCUT2D eigenvalue weighted by molar-refractivity contribution is 4.68. The van der Waals surface area contributed by atoms with Gasteiger partial charge < -0.3 is 9.47 Å². The van der Waals surface area contributed by atoms with Crippen LogP contribution in [0.25, 0.3) is 0 Å². The molecule has 0 aromatic rings. The van der Waals surface area contributed by atoms with Crippen LogP contribution < -0.4 is 0 Å². The zero-order valence-electron chi connectivity index (χ0n) is 7.29. The Hall–Kier alpha value is -0.590. The topological polar surface area (TPSA) is 42.2 Å². The van der Waals surface area contributed by atoms with Gasteiger partial charge in [-0.1, -0.05) is 0 Å². The van der Waals surface area contributed by atoms with Crippen LogP contribution in [0.3, 0.4) is 0 Å². The van der Waals surface area contributed by atoms with E-state index in [1.165, 1.54) is 6.42 Å². The van der Waals surface area contributed by atoms with Crippen molar-refractivity contribution in [2.24, 2.45) is 5.92 Å². The smallest absolute Gasteiger partial charge is 0.0645 e. The van der Waals surface area contributed by atoms with E-state index in [0.29, 0.717) is 18.9 Å². The molecule has 0 spiro atoms. The molecule has 1 unspecified atom stereocenters. The third kappa shape index (κ3) is 3.70. The molecule has 1 aliphatic rings. The van der Waals surface area contributed by atoms with E-state index in [9.17, 15) is 0 Å². The molecule has 0 radical (unpaired) electrons. The first-order chi connectivity index (χ1) is 5.93. The first-order valence-corrected chi connectivity index (χ1v) is 4.46. The Balaban J connectivity index is 1.95. The van der Waals surface area contributed by atoms with E-state index >= 15 is 0 Å². The first-order valence-electron chi connectivity index (χ1n) is 4.46. The minimum atomic E-state index is 0.494. The van der Waals surface area contributed by atoms with Crippen LogP contribution in [0.2, 0.25) is 0 Å². The van der Waals surface area contributed by atoms with Gasteiger partial charge in [0.15, 0.2) is 0 Å². The van der Waals surface area contributed by atoms with Gasteiger partial charge >= 0.3 is 0 Å². The molecule has 3 heteroatoms. The van der Waals surface area contributed by atoms with Crippen molar-refractivity contribution >= 4 is 0 Å². The zero-order valence-corrected chi connectivity index (χ0v) is 7.29. The Morgan fingerprint density at radius 3 is 3.17 bits per heavy atom. The zero-order chi connectivity index (χ0) is 8.65. The molecule has 1 atom stereocenters. The third-order valence-electron chi connectivity index (χ3n) is 1.97. The highest BCUT2D eigenvalue weighted by Crippen LogP contribution is 2.13. The van der Waals surface area contributed by atoms with E-state index in [0.717, 1.165) is 26.2 Å². The molecule has 0 aromatic heterocycles. The Bertz CT molecular complexity index is 147. The van der Waals surface area contributed by atoms with Crippen LogP contribution in [0.15, 0.2) is 0 Å². The van der Waals surface area contributed by atoms with Crippen LogP contribution in [0, 0.1) is 17.2 Å². The van der Waals surface area contributed by atoms with Gasteiger partial charge in [0, 0.05) is 12.5 Å². The summed E-state index contributed by atoms with van der Waals surface area (Å²) < 4.78 is 10.6. The molecule has 0 N–H and O–H groups in total. The molecule has 0 aromatic carbocycles. The fourth-order valence-electron chi connectivity index (χ4n) is 1.31. The predicted molar refractivity (Wildman–Crippen MR) is 44.6 cm³/mol. The van der Waals surface area contributed by atoms with Gasteiger partial charge in [-0.15, -0.1) is 0 Å². The summed E-state index contributed by atoms with van der Waals surface area (Å²) in [4.78, 5) is 0. The number of rotatable bonds is 4. The normalized spacial score (nSPS) is 23.4. The number of hydrogen-bond acceptors (Lipinski definition) is 3. The van der Waals surface area contributed by atoms with Crippen molar-refractivity contribution in [3.05, 3.63) is 0 Å². The lowest BCUT2D eigenvalue weighted by Gasteiger charge is -2.21. The van der Waals surface area contributed by atoms with Crippen LogP contribution >= 0.6 is 0 Å². The van der Waals surface area contributed by atoms with E-state index in [-0.39, 0.29) is 0 Å². The Morgan fingerprint density at radius 1 is 1.58 bits per heavy atom. The molecule has 0 saturated carbocycles. The van der Waals surface area contributed by atoms with Gasteiger partial charge in [0.1, 0.15) is 0 Å². The van der Waals surface area contributed by atoms with E-state index < -0.39 is 0 Å². The lowest BCUT2D eigenvalue weighted by atomic mass is 10.0. The van der Waals surface area contributed by atoms with Crippen LogP contribution in [-0.4, -0.2) is 26.4 Å². The van der Waals surface area contributed by atoms with Gasteiger partial charge in [0.25, 0.3) is 0 Å². The average Bonchev–Trinajstić information content (AvgIpc) is 2.14. The van der Waals surface area contributed by atoms with E-state index in [1.807, 2.05) is 6.07 Å². The summed E-state index contributed by atoms with van der Waals surface area (Å²) in [5.41, 5.74) is 0. The van der Waals surface area contributed by atoms with Crippen molar-refractivity contribution in [3.8, 4) is 6.07 Å². The van der Waals surface area contributed by atoms with Gasteiger partial charge in [-0.2, -0.15) is 5.26 Å². The van der Waals surface area contributed by atoms with Crippen molar-refractivity contribution in [2.75, 3.05) is 26.4 Å². The molecule has 0 aliphatic carbocycles. The second-order valence-corrected chi connectivity index (χ2v) is 3.07. The van der Waals surface area contributed by atoms with Gasteiger partial charge in [-0.25, -0.2) is 0 Å². The van der Waals surface area contributed by atoms with E-state index in [4.69, 9.17) is 14.7 Å². The summed E-state index contributed by atoms with van der Waals surface area (Å²) in [7, 11) is 0. The maximum absolute atomic E-state index is 8.25. The van der Waals surface area contributed by atoms with Crippen LogP contribution in [0.5, 0.6) is 0 Å². The number of hydrogen-bond donors (Lipinski definition) is 0. The molecule has 1 heterocycles. The van der Waals surface area contributed by atoms with Crippen molar-refractivity contribution in [1.29, 1.82) is 5.26 Å². The SMILES string of the molecule is N#CCCOCC1CCCOC1. The molecular formula is C9H15NO2. The maximum Gasteiger partial charge on any atom is 0.0645 e. The molecule has 0 amide bonds. The highest BCUT2D eigenvalue weighted by atomic mass is 16.5. The van der Waals surface area contributed by atoms with Gasteiger partial charge in [-0.05, 0) is 12.8 Å². The largest absolute Gasteiger partial charge is 0.381 e. The highest BCUT2D eigenvalue weighted by Gasteiger charge is 2.13. The molecule has 0 bridgehead atoms. The van der Waals surface area contributed by atoms with Gasteiger partial charge in [-0.3, -0.25) is 0 Å². The first kappa shape index (κ1) is 9.50. The fourth-order valence-corrected chi connectivity index (χ4v) is 1.31. The summed E-state index contributed by atoms with van der Waals surface area (Å²) in [6.07, 6.45) is 2.84. The van der Waals surface area contributed by atoms with Crippen molar-refractivity contribution < 1.29 is 9.47 Å². The predicted octanol–water partition coefficient (Wildman–Crippen LogP) is 1.34. The minimum Gasteiger partial charge on any atom is -0.381 e. The molecule has 3 nitrogen and oxygen atoms in total. The number of nitrogens with zero attached hydrogens (tertiary/aromatic N) is 1. The molecule has 68 valence electrons. The van der Waals surface area contributed by atoms with Gasteiger partial charge in [0.2, 0.25) is 0 Å². The summed E-state index contributed by atoms with van der Waals surface area (Å²) >= 11 is 0. The summed E-state index contributed by atoms with van der Waals surface area (Å²) in [6.45, 7) is 3.04. The lowest BCUT2D eigenvalue weighted by Crippen LogP contribution is -2.21. The van der Waals surface area contributed by atoms with Crippen LogP contribution in [0.1, 0.15) is 19.3 Å². The Morgan fingerprint density at radius 2 is 2.50 bits per heavy atom. The number of nitriles is 1. The average molecular weight is 169 g/mol. The molecule has 1 rings (SSSR count). The minimum absolute atomic E-state index is 0.494. The second-order valence-electron chi connectivity index (χ2n) is 3.07. The maximum atomic E-state index is 8.25. The Labute approximate surface area is 73.3 Å². The number of ether oxygens (including phenoxy) is 2. The Kier molecular flexibility index (Phi) is 4.74. The molecule has 1 fully saturated rings. The van der Waals surface area contributed by atoms with Crippen LogP contribution in [-0.2, 0) is 9.47 Å². The molecule has 12 heavy (non-hydrogen) atoms. The molecule has 1 aliphatic heterocycles. The summed E-state index contributed by atoms with van der Waals surface area (Å²) in [5.74, 6) is 0.553. The second kappa shape index (κ2) is 5.99. The standard InChI is InChI=1S/C9H15NO2/c10-4-2-6-12-8-9-3-1-5-11-7-9/h9H,1-3,5-8H2. The summed E-state index contributed by atoms with van der Waals surface area (Å²) in [5, 5.41) is 8.25. The third-order valence-corrected chi connectivity index (χ3v) is 1.97. The van der Waals surface area contributed by atoms with E-state index in [1.54, 1.807) is 0 Å². The van der Waals surface area contributed by atoms with Crippen molar-refractivity contribution in [2.45, 2.75) is 19.3 Å². The quantitative estimate of drug-likeness (QED) is 0.596.